The van der Waals surface area contributed by atoms with E-state index in [9.17, 15) is 0 Å². The Balaban J connectivity index is 1.82. The van der Waals surface area contributed by atoms with Crippen LogP contribution in [-0.2, 0) is 0 Å². The summed E-state index contributed by atoms with van der Waals surface area (Å²) in [7, 11) is 0. The zero-order chi connectivity index (χ0) is 17.5. The molecular formula is C24H18N2. The Morgan fingerprint density at radius 3 is 2.27 bits per heavy atom. The van der Waals surface area contributed by atoms with Gasteiger partial charge in [-0.3, -0.25) is 4.57 Å². The summed E-state index contributed by atoms with van der Waals surface area (Å²) >= 11 is 0. The van der Waals surface area contributed by atoms with Gasteiger partial charge in [0.1, 0.15) is 5.82 Å². The van der Waals surface area contributed by atoms with Crippen LogP contribution < -0.4 is 0 Å². The molecule has 0 aliphatic heterocycles. The number of imidazole rings is 1. The zero-order valence-electron chi connectivity index (χ0n) is 14.6. The molecule has 124 valence electrons. The van der Waals surface area contributed by atoms with E-state index in [4.69, 9.17) is 4.98 Å². The fourth-order valence-electron chi connectivity index (χ4n) is 3.50. The SMILES string of the molecule is Cc1ccc(-c2nc3ccccc3n2-c2ccc3ccccc3c2)cc1. The van der Waals surface area contributed by atoms with Crippen LogP contribution in [0.3, 0.4) is 0 Å². The molecule has 0 bridgehead atoms. The Morgan fingerprint density at radius 1 is 0.692 bits per heavy atom. The van der Waals surface area contributed by atoms with Crippen LogP contribution >= 0.6 is 0 Å². The smallest absolute Gasteiger partial charge is 0.145 e. The van der Waals surface area contributed by atoms with Crippen molar-refractivity contribution in [3.63, 3.8) is 0 Å². The highest BCUT2D eigenvalue weighted by Crippen LogP contribution is 2.30. The third-order valence-corrected chi connectivity index (χ3v) is 4.86. The number of rotatable bonds is 2. The molecule has 26 heavy (non-hydrogen) atoms. The summed E-state index contributed by atoms with van der Waals surface area (Å²) in [6.07, 6.45) is 0. The highest BCUT2D eigenvalue weighted by molar-refractivity contribution is 5.88. The van der Waals surface area contributed by atoms with Crippen molar-refractivity contribution in [1.82, 2.24) is 9.55 Å². The average molecular weight is 334 g/mol. The average Bonchev–Trinajstić information content (AvgIpc) is 3.07. The highest BCUT2D eigenvalue weighted by Gasteiger charge is 2.14. The van der Waals surface area contributed by atoms with Gasteiger partial charge in [-0.05, 0) is 42.0 Å². The van der Waals surface area contributed by atoms with Crippen molar-refractivity contribution < 1.29 is 0 Å². The first-order valence-corrected chi connectivity index (χ1v) is 8.83. The minimum Gasteiger partial charge on any atom is -0.292 e. The van der Waals surface area contributed by atoms with E-state index < -0.39 is 0 Å². The summed E-state index contributed by atoms with van der Waals surface area (Å²) in [6.45, 7) is 2.11. The van der Waals surface area contributed by atoms with Gasteiger partial charge in [-0.15, -0.1) is 0 Å². The third-order valence-electron chi connectivity index (χ3n) is 4.86. The van der Waals surface area contributed by atoms with Crippen molar-refractivity contribution in [2.45, 2.75) is 6.92 Å². The predicted molar refractivity (Wildman–Crippen MR) is 109 cm³/mol. The standard InChI is InChI=1S/C24H18N2/c1-17-10-12-19(13-11-17)24-25-22-8-4-5-9-23(22)26(24)21-15-14-18-6-2-3-7-20(18)16-21/h2-16H,1H3. The quantitative estimate of drug-likeness (QED) is 0.378. The van der Waals surface area contributed by atoms with E-state index in [-0.39, 0.29) is 0 Å². The minimum absolute atomic E-state index is 0.974. The van der Waals surface area contributed by atoms with Crippen molar-refractivity contribution in [2.24, 2.45) is 0 Å². The Bertz CT molecular complexity index is 1230. The monoisotopic (exact) mass is 334 g/mol. The van der Waals surface area contributed by atoms with E-state index in [1.165, 1.54) is 16.3 Å². The molecule has 0 amide bonds. The number of hydrogen-bond acceptors (Lipinski definition) is 1. The van der Waals surface area contributed by atoms with E-state index in [0.29, 0.717) is 0 Å². The lowest BCUT2D eigenvalue weighted by Gasteiger charge is -2.11. The summed E-state index contributed by atoms with van der Waals surface area (Å²) in [5.74, 6) is 0.974. The van der Waals surface area contributed by atoms with Crippen LogP contribution in [0.1, 0.15) is 5.56 Å². The Morgan fingerprint density at radius 2 is 1.42 bits per heavy atom. The van der Waals surface area contributed by atoms with Crippen LogP contribution in [0.15, 0.2) is 91.0 Å². The summed E-state index contributed by atoms with van der Waals surface area (Å²) < 4.78 is 2.26. The van der Waals surface area contributed by atoms with Gasteiger partial charge in [0.15, 0.2) is 0 Å². The van der Waals surface area contributed by atoms with Gasteiger partial charge in [0.2, 0.25) is 0 Å². The van der Waals surface area contributed by atoms with Gasteiger partial charge >= 0.3 is 0 Å². The lowest BCUT2D eigenvalue weighted by atomic mass is 10.1. The van der Waals surface area contributed by atoms with Crippen LogP contribution in [-0.4, -0.2) is 9.55 Å². The Labute approximate surface area is 152 Å². The number of hydrogen-bond donors (Lipinski definition) is 0. The fraction of sp³-hybridized carbons (Fsp3) is 0.0417. The van der Waals surface area contributed by atoms with Crippen molar-refractivity contribution in [2.75, 3.05) is 0 Å². The maximum atomic E-state index is 4.93. The molecule has 0 spiro atoms. The first-order valence-electron chi connectivity index (χ1n) is 8.83. The lowest BCUT2D eigenvalue weighted by molar-refractivity contribution is 1.11. The first kappa shape index (κ1) is 14.9. The van der Waals surface area contributed by atoms with Crippen molar-refractivity contribution in [1.29, 1.82) is 0 Å². The largest absolute Gasteiger partial charge is 0.292 e. The molecule has 2 heteroatoms. The van der Waals surface area contributed by atoms with E-state index in [1.807, 2.05) is 6.07 Å². The van der Waals surface area contributed by atoms with Crippen LogP contribution in [0.4, 0.5) is 0 Å². The van der Waals surface area contributed by atoms with E-state index in [2.05, 4.69) is 96.4 Å². The molecule has 0 aliphatic rings. The van der Waals surface area contributed by atoms with E-state index in [1.54, 1.807) is 0 Å². The minimum atomic E-state index is 0.974. The van der Waals surface area contributed by atoms with Crippen molar-refractivity contribution >= 4 is 21.8 Å². The number of benzene rings is 4. The molecule has 0 N–H and O–H groups in total. The van der Waals surface area contributed by atoms with Crippen LogP contribution in [0.5, 0.6) is 0 Å². The number of fused-ring (bicyclic) bond motifs is 2. The summed E-state index contributed by atoms with van der Waals surface area (Å²) in [4.78, 5) is 4.93. The van der Waals surface area contributed by atoms with Crippen LogP contribution in [0, 0.1) is 6.92 Å². The Kier molecular flexibility index (Phi) is 3.36. The molecule has 0 radical (unpaired) electrons. The van der Waals surface area contributed by atoms with Gasteiger partial charge in [-0.1, -0.05) is 72.3 Å². The number of aryl methyl sites for hydroxylation is 1. The molecule has 0 unspecified atom stereocenters. The maximum Gasteiger partial charge on any atom is 0.145 e. The summed E-state index contributed by atoms with van der Waals surface area (Å²) in [6, 6.07) is 31.9. The van der Waals surface area contributed by atoms with E-state index >= 15 is 0 Å². The Hall–Kier alpha value is -3.39. The molecule has 0 atom stereocenters. The lowest BCUT2D eigenvalue weighted by Crippen LogP contribution is -1.97. The van der Waals surface area contributed by atoms with Crippen LogP contribution in [0.2, 0.25) is 0 Å². The molecule has 4 aromatic carbocycles. The number of aromatic nitrogens is 2. The number of nitrogens with zero attached hydrogens (tertiary/aromatic N) is 2. The highest BCUT2D eigenvalue weighted by atomic mass is 15.1. The molecule has 5 rings (SSSR count). The predicted octanol–water partition coefficient (Wildman–Crippen LogP) is 6.15. The summed E-state index contributed by atoms with van der Waals surface area (Å²) in [5, 5.41) is 2.48. The second kappa shape index (κ2) is 5.85. The molecule has 0 saturated heterocycles. The van der Waals surface area contributed by atoms with Gasteiger partial charge in [-0.2, -0.15) is 0 Å². The molecular weight excluding hydrogens is 316 g/mol. The third kappa shape index (κ3) is 2.39. The molecule has 1 aromatic heterocycles. The molecule has 0 aliphatic carbocycles. The second-order valence-corrected chi connectivity index (χ2v) is 6.66. The second-order valence-electron chi connectivity index (χ2n) is 6.66. The zero-order valence-corrected chi connectivity index (χ0v) is 14.6. The van der Waals surface area contributed by atoms with Gasteiger partial charge in [-0.25, -0.2) is 4.98 Å². The van der Waals surface area contributed by atoms with E-state index in [0.717, 1.165) is 28.1 Å². The maximum absolute atomic E-state index is 4.93. The molecule has 1 heterocycles. The topological polar surface area (TPSA) is 17.8 Å². The normalized spacial score (nSPS) is 11.3. The molecule has 0 fully saturated rings. The van der Waals surface area contributed by atoms with Gasteiger partial charge in [0.25, 0.3) is 0 Å². The van der Waals surface area contributed by atoms with Gasteiger partial charge in [0.05, 0.1) is 11.0 Å². The van der Waals surface area contributed by atoms with Gasteiger partial charge in [0, 0.05) is 11.3 Å². The molecule has 2 nitrogen and oxygen atoms in total. The summed E-state index contributed by atoms with van der Waals surface area (Å²) in [5.41, 5.74) is 5.64. The van der Waals surface area contributed by atoms with Crippen molar-refractivity contribution in [3.05, 3.63) is 96.6 Å². The van der Waals surface area contributed by atoms with Crippen LogP contribution in [0.25, 0.3) is 38.9 Å². The van der Waals surface area contributed by atoms with Crippen molar-refractivity contribution in [3.8, 4) is 17.1 Å². The fourth-order valence-corrected chi connectivity index (χ4v) is 3.50. The number of para-hydroxylation sites is 2. The van der Waals surface area contributed by atoms with Gasteiger partial charge < -0.3 is 0 Å². The molecule has 0 saturated carbocycles. The first-order chi connectivity index (χ1) is 12.8. The molecule has 5 aromatic rings.